The van der Waals surface area contributed by atoms with Crippen LogP contribution in [0.15, 0.2) is 24.3 Å². The Kier molecular flexibility index (Phi) is 41.3. The number of aliphatic hydroxyl groups is 1. The molecule has 1 aliphatic rings. The third-order valence-electron chi connectivity index (χ3n) is 11.3. The van der Waals surface area contributed by atoms with Crippen LogP contribution >= 0.6 is 0 Å². The van der Waals surface area contributed by atoms with Gasteiger partial charge in [-0.1, -0.05) is 38.1 Å². The van der Waals surface area contributed by atoms with Crippen LogP contribution in [-0.4, -0.2) is 110 Å². The highest BCUT2D eigenvalue weighted by atomic mass is 18.0. The van der Waals surface area contributed by atoms with Crippen LogP contribution in [0.1, 0.15) is 115 Å². The number of urea groups is 1. The molecule has 4 N–H and O–H groups in total. The van der Waals surface area contributed by atoms with Crippen molar-refractivity contribution < 1.29 is 183 Å². The number of nitrogens with one attached hydrogen (secondary N) is 1. The summed E-state index contributed by atoms with van der Waals surface area (Å²) >= 11 is 0. The number of ketones is 5. The smallest absolute Gasteiger partial charge is 0.312 e. The monoisotopic (exact) mass is 1230 g/mol. The molecule has 40 nitrogen and oxygen atoms in total. The molecule has 478 valence electrons. The second-order valence-corrected chi connectivity index (χ2v) is 17.7. The van der Waals surface area contributed by atoms with Crippen LogP contribution in [0.25, 0.3) is 0 Å². The molecule has 4 amide bonds. The van der Waals surface area contributed by atoms with Gasteiger partial charge in [-0.15, -0.1) is 0 Å². The summed E-state index contributed by atoms with van der Waals surface area (Å²) in [6, 6.07) is 5.99. The maximum absolute atomic E-state index is 13.8. The van der Waals surface area contributed by atoms with Gasteiger partial charge in [0.15, 0.2) is 0 Å². The van der Waals surface area contributed by atoms with Crippen molar-refractivity contribution in [3.05, 3.63) is 35.4 Å². The summed E-state index contributed by atoms with van der Waals surface area (Å²) in [5.41, 5.74) is 4.61. The number of likely N-dealkylation sites (tertiary alicyclic amines) is 1. The molecule has 40 heteroatoms. The van der Waals surface area contributed by atoms with E-state index in [0.29, 0.717) is 17.5 Å². The van der Waals surface area contributed by atoms with Crippen LogP contribution < -0.4 is 11.1 Å². The largest absolute Gasteiger partial charge is 0.465 e. The summed E-state index contributed by atoms with van der Waals surface area (Å²) < 4.78 is 5.49. The summed E-state index contributed by atoms with van der Waals surface area (Å²) in [4.78, 5) is 134. The minimum Gasteiger partial charge on any atom is -0.465 e. The highest BCUT2D eigenvalue weighted by Crippen LogP contribution is 2.29. The van der Waals surface area contributed by atoms with E-state index in [-0.39, 0.29) is 126 Å². The molecule has 1 aliphatic heterocycles. The number of carbonyl (C=O) groups excluding carboxylic acids is 9. The minimum atomic E-state index is -1.89. The molecule has 0 aromatic heterocycles. The Bertz CT molecular complexity index is 2020. The van der Waals surface area contributed by atoms with E-state index in [1.807, 2.05) is 0 Å². The van der Waals surface area contributed by atoms with E-state index in [1.54, 1.807) is 38.1 Å². The zero-order valence-corrected chi connectivity index (χ0v) is 45.6. The lowest BCUT2D eigenvalue weighted by Crippen LogP contribution is -2.40. The van der Waals surface area contributed by atoms with E-state index in [2.05, 4.69) is 126 Å². The van der Waals surface area contributed by atoms with Gasteiger partial charge in [-0.25, -0.2) is 24.3 Å². The van der Waals surface area contributed by atoms with Crippen molar-refractivity contribution in [2.24, 2.45) is 28.9 Å². The van der Waals surface area contributed by atoms with Crippen molar-refractivity contribution in [3.63, 3.8) is 0 Å². The summed E-state index contributed by atoms with van der Waals surface area (Å²) in [6.07, 6.45) is -1.74. The van der Waals surface area contributed by atoms with Crippen molar-refractivity contribution in [2.75, 3.05) is 47.1 Å². The summed E-state index contributed by atoms with van der Waals surface area (Å²) in [5, 5.41) is 97.0. The number of primary amides is 1. The van der Waals surface area contributed by atoms with Crippen molar-refractivity contribution in [3.8, 4) is 0 Å². The first-order valence-electron chi connectivity index (χ1n) is 24.8. The second kappa shape index (κ2) is 46.6. The first-order chi connectivity index (χ1) is 40.5. The molecule has 1 fully saturated rings. The first-order valence-corrected chi connectivity index (χ1v) is 24.8. The van der Waals surface area contributed by atoms with Gasteiger partial charge in [0, 0.05) is 95.6 Å². The van der Waals surface area contributed by atoms with Crippen molar-refractivity contribution >= 4 is 52.7 Å². The highest BCUT2D eigenvalue weighted by molar-refractivity contribution is 6.02. The number of carbonyl (C=O) groups is 9. The fraction of sp³-hybridized carbons (Fsp3) is 0.659. The lowest BCUT2D eigenvalue weighted by Gasteiger charge is -2.30. The van der Waals surface area contributed by atoms with Gasteiger partial charge in [-0.05, 0) is 154 Å². The molecule has 1 aromatic carbocycles. The number of rotatable bonds is 57. The van der Waals surface area contributed by atoms with Gasteiger partial charge < -0.3 is 20.9 Å². The average molecular weight is 1230 g/mol. The lowest BCUT2D eigenvalue weighted by atomic mass is 9.80. The molecule has 2 unspecified atom stereocenters. The van der Waals surface area contributed by atoms with Crippen LogP contribution in [0.4, 0.5) is 4.79 Å². The van der Waals surface area contributed by atoms with E-state index in [9.17, 15) is 48.3 Å². The van der Waals surface area contributed by atoms with Crippen LogP contribution in [-0.2, 0) is 187 Å². The molecule has 1 saturated heterocycles. The summed E-state index contributed by atoms with van der Waals surface area (Å²) in [5.74, 6) is -5.60. The van der Waals surface area contributed by atoms with Crippen molar-refractivity contribution in [1.29, 1.82) is 0 Å². The number of esters is 1. The molecular formula is C44H65N3O37. The number of nitrogens with two attached hydrogens (primary N) is 1. The third kappa shape index (κ3) is 35.6. The molecule has 84 heavy (non-hydrogen) atoms. The number of ether oxygens (including phenoxy) is 1. The topological polar surface area (TPSA) is 464 Å². The molecule has 0 spiro atoms. The molecule has 1 aromatic rings. The molecule has 0 bridgehead atoms. The fourth-order valence-corrected chi connectivity index (χ4v) is 7.34. The standard InChI is InChI=1S/C44H65N3O37/c1-30(2)37(39(53)23-33(8-7-20-46-43(45)57)38(52)22-31-13-15-32(26-48)16-14-31)24-35(50)10-6-12-42(56)60-27-44(28-61-65-69-73-77-81-83-79-75-71-67-63-58-3,29-62-66-70-74-78-82-84-80-76-72-68-64-59-4)25-36(51)11-5-9-34(49)19-21-47-40(54)17-18-41(47)55/h13-16,30,33,37,48H,5-12,17-29H2,1-4H3,(H3,45,46,57). The van der Waals surface area contributed by atoms with Crippen molar-refractivity contribution in [1.82, 2.24) is 10.2 Å². The number of imide groups is 1. The van der Waals surface area contributed by atoms with Gasteiger partial charge in [0.2, 0.25) is 11.8 Å². The summed E-state index contributed by atoms with van der Waals surface area (Å²) in [6.45, 7) is 0.842. The van der Waals surface area contributed by atoms with E-state index >= 15 is 0 Å². The van der Waals surface area contributed by atoms with Gasteiger partial charge in [-0.3, -0.25) is 43.3 Å². The Morgan fingerprint density at radius 3 is 1.52 bits per heavy atom. The predicted octanol–water partition coefficient (Wildman–Crippen LogP) is 2.13. The molecule has 2 rings (SSSR count). The quantitative estimate of drug-likeness (QED) is 0.0276. The van der Waals surface area contributed by atoms with Gasteiger partial charge in [0.1, 0.15) is 35.5 Å². The minimum absolute atomic E-state index is 0.00664. The number of nitrogens with zero attached hydrogens (tertiary/aromatic N) is 1. The molecule has 2 atom stereocenters. The van der Waals surface area contributed by atoms with Crippen LogP contribution in [0.2, 0.25) is 0 Å². The van der Waals surface area contributed by atoms with Gasteiger partial charge in [0.05, 0.1) is 39.5 Å². The molecule has 1 heterocycles. The van der Waals surface area contributed by atoms with Gasteiger partial charge >= 0.3 is 12.0 Å². The average Bonchev–Trinajstić information content (AvgIpc) is 3.95. The molecular weight excluding hydrogens is 1160 g/mol. The fourth-order valence-electron chi connectivity index (χ4n) is 7.34. The SMILES string of the molecule is COOOOOOOOOOOOOCC(COOOOOOOOOOOOOC)(COC(=O)CCCC(=O)CC(C(=O)CC(CCCNC(N)=O)C(=O)Cc1ccc(CO)cc1)C(C)C)CC(=O)CCCC(=O)CCN1C(=O)CCC1=O. The maximum Gasteiger partial charge on any atom is 0.312 e. The molecule has 0 aliphatic carbocycles. The zero-order valence-electron chi connectivity index (χ0n) is 45.6. The Hall–Kier alpha value is -5.63. The van der Waals surface area contributed by atoms with Crippen LogP contribution in [0, 0.1) is 23.2 Å². The van der Waals surface area contributed by atoms with E-state index in [4.69, 9.17) is 20.2 Å². The number of amides is 4. The summed E-state index contributed by atoms with van der Waals surface area (Å²) in [7, 11) is 2.10. The number of hydrogen-bond donors (Lipinski definition) is 3. The second-order valence-electron chi connectivity index (χ2n) is 17.7. The Morgan fingerprint density at radius 1 is 0.571 bits per heavy atom. The Morgan fingerprint density at radius 2 is 1.04 bits per heavy atom. The zero-order chi connectivity index (χ0) is 61.6. The lowest BCUT2D eigenvalue weighted by molar-refractivity contribution is -0.870. The number of hydrogen-bond acceptors (Lipinski definition) is 37. The van der Waals surface area contributed by atoms with E-state index in [1.165, 1.54) is 0 Å². The number of aliphatic hydroxyl groups excluding tert-OH is 1. The Balaban J connectivity index is 2.14. The van der Waals surface area contributed by atoms with Gasteiger partial charge in [-0.2, -0.15) is 0 Å². The third-order valence-corrected chi connectivity index (χ3v) is 11.3. The Labute approximate surface area is 474 Å². The maximum atomic E-state index is 13.8. The number of Topliss-reactive ketones (excluding diaryl/α,β-unsaturated/α-hetero) is 5. The van der Waals surface area contributed by atoms with E-state index < -0.39 is 79.5 Å². The van der Waals surface area contributed by atoms with Crippen LogP contribution in [0.3, 0.4) is 0 Å². The number of benzene rings is 1. The predicted molar refractivity (Wildman–Crippen MR) is 245 cm³/mol. The highest BCUT2D eigenvalue weighted by Gasteiger charge is 2.38. The molecule has 0 radical (unpaired) electrons. The molecule has 0 saturated carbocycles. The van der Waals surface area contributed by atoms with Gasteiger partial charge in [0.25, 0.3) is 0 Å². The van der Waals surface area contributed by atoms with Crippen LogP contribution in [0.5, 0.6) is 0 Å². The van der Waals surface area contributed by atoms with E-state index in [0.717, 1.165) is 19.1 Å². The first kappa shape index (κ1) is 74.5. The normalized spacial score (nSPS) is 13.4. The van der Waals surface area contributed by atoms with Crippen molar-refractivity contribution in [2.45, 2.75) is 117 Å².